The molecule has 1 aliphatic rings. The van der Waals surface area contributed by atoms with Gasteiger partial charge in [0.25, 0.3) is 0 Å². The Morgan fingerprint density at radius 2 is 1.67 bits per heavy atom. The van der Waals surface area contributed by atoms with E-state index in [1.165, 1.54) is 0 Å². The smallest absolute Gasteiger partial charge is 0.369 e. The Morgan fingerprint density at radius 3 is 2.11 bits per heavy atom. The van der Waals surface area contributed by atoms with Crippen LogP contribution in [0.1, 0.15) is 0 Å². The Hall–Kier alpha value is -1.03. The minimum absolute atomic E-state index is 0.192. The molecule has 0 radical (unpaired) electrons. The number of morpholine rings is 1. The summed E-state index contributed by atoms with van der Waals surface area (Å²) in [7, 11) is 0. The number of thioether (sulfide) groups is 1. The second kappa shape index (κ2) is 5.31. The molecule has 0 spiro atoms. The van der Waals surface area contributed by atoms with Crippen molar-refractivity contribution < 1.29 is 31.9 Å². The van der Waals surface area contributed by atoms with Gasteiger partial charge in [0.05, 0.1) is 11.5 Å². The van der Waals surface area contributed by atoms with E-state index in [0.29, 0.717) is 4.90 Å². The third kappa shape index (κ3) is 4.69. The van der Waals surface area contributed by atoms with Gasteiger partial charge in [-0.2, -0.15) is 17.6 Å². The zero-order valence-corrected chi connectivity index (χ0v) is 9.81. The number of nitrogens with zero attached hydrogens (tertiary/aromatic N) is 1. The Labute approximate surface area is 104 Å². The largest absolute Gasteiger partial charge is 0.377 e. The summed E-state index contributed by atoms with van der Waals surface area (Å²) < 4.78 is 54.4. The molecule has 1 rings (SSSR count). The highest BCUT2D eigenvalue weighted by Crippen LogP contribution is 2.33. The number of alkyl halides is 4. The van der Waals surface area contributed by atoms with E-state index in [2.05, 4.69) is 4.74 Å². The molecule has 104 valence electrons. The zero-order chi connectivity index (χ0) is 14.0. The van der Waals surface area contributed by atoms with Crippen LogP contribution in [0.3, 0.4) is 0 Å². The standard InChI is InChI=1S/C8H10F4N2O3S/c9-7(10)3-14(4-8(11,12)17-7)6(16)2-18-1-5(13)15/h1-4H2,(H2,13,15). The van der Waals surface area contributed by atoms with E-state index < -0.39 is 37.1 Å². The molecular formula is C8H10F4N2O3S. The highest BCUT2D eigenvalue weighted by molar-refractivity contribution is 8.00. The first-order valence-electron chi connectivity index (χ1n) is 4.71. The van der Waals surface area contributed by atoms with Gasteiger partial charge in [-0.05, 0) is 0 Å². The average molecular weight is 290 g/mol. The van der Waals surface area contributed by atoms with Crippen LogP contribution < -0.4 is 5.73 Å². The first kappa shape index (κ1) is 15.0. The molecule has 0 saturated carbocycles. The molecule has 0 aromatic rings. The van der Waals surface area contributed by atoms with Crippen molar-refractivity contribution in [3.63, 3.8) is 0 Å². The van der Waals surface area contributed by atoms with Crippen molar-refractivity contribution in [1.82, 2.24) is 4.90 Å². The summed E-state index contributed by atoms with van der Waals surface area (Å²) in [6.07, 6.45) is -8.18. The van der Waals surface area contributed by atoms with Crippen LogP contribution in [-0.2, 0) is 14.3 Å². The van der Waals surface area contributed by atoms with Gasteiger partial charge in [0, 0.05) is 0 Å². The lowest BCUT2D eigenvalue weighted by Crippen LogP contribution is -2.56. The van der Waals surface area contributed by atoms with Crippen LogP contribution in [0.4, 0.5) is 17.6 Å². The van der Waals surface area contributed by atoms with E-state index in [0.717, 1.165) is 11.8 Å². The van der Waals surface area contributed by atoms with Gasteiger partial charge in [-0.15, -0.1) is 11.8 Å². The normalized spacial score (nSPS) is 21.7. The molecule has 0 aliphatic carbocycles. The third-order valence-electron chi connectivity index (χ3n) is 1.87. The highest BCUT2D eigenvalue weighted by atomic mass is 32.2. The number of carbonyl (C=O) groups is 2. The fourth-order valence-corrected chi connectivity index (χ4v) is 1.95. The number of nitrogens with two attached hydrogens (primary N) is 1. The Morgan fingerprint density at radius 1 is 1.17 bits per heavy atom. The number of primary amides is 1. The summed E-state index contributed by atoms with van der Waals surface area (Å²) >= 11 is 0.767. The van der Waals surface area contributed by atoms with Gasteiger partial charge in [-0.25, -0.2) is 0 Å². The molecule has 2 N–H and O–H groups in total. The predicted molar refractivity (Wildman–Crippen MR) is 54.1 cm³/mol. The highest BCUT2D eigenvalue weighted by Gasteiger charge is 2.52. The molecule has 0 unspecified atom stereocenters. The molecule has 1 heterocycles. The van der Waals surface area contributed by atoms with Gasteiger partial charge < -0.3 is 10.6 Å². The lowest BCUT2D eigenvalue weighted by atomic mass is 10.3. The predicted octanol–water partition coefficient (Wildman–Crippen LogP) is 0.249. The van der Waals surface area contributed by atoms with Crippen molar-refractivity contribution in [3.05, 3.63) is 0 Å². The molecule has 1 aliphatic heterocycles. The minimum atomic E-state index is -4.09. The number of carbonyl (C=O) groups excluding carboxylic acids is 2. The van der Waals surface area contributed by atoms with E-state index in [9.17, 15) is 27.2 Å². The van der Waals surface area contributed by atoms with Crippen molar-refractivity contribution in [2.24, 2.45) is 5.73 Å². The molecule has 1 fully saturated rings. The van der Waals surface area contributed by atoms with Crippen molar-refractivity contribution in [2.75, 3.05) is 24.6 Å². The van der Waals surface area contributed by atoms with Crippen LogP contribution in [0.15, 0.2) is 0 Å². The number of ether oxygens (including phenoxy) is 1. The Kier molecular flexibility index (Phi) is 4.43. The zero-order valence-electron chi connectivity index (χ0n) is 9.00. The maximum absolute atomic E-state index is 12.8. The SMILES string of the molecule is NC(=O)CSCC(=O)N1CC(F)(F)OC(F)(F)C1. The summed E-state index contributed by atoms with van der Waals surface area (Å²) in [5.74, 6) is -2.19. The summed E-state index contributed by atoms with van der Waals surface area (Å²) in [6.45, 7) is -2.48. The van der Waals surface area contributed by atoms with Crippen LogP contribution >= 0.6 is 11.8 Å². The molecular weight excluding hydrogens is 280 g/mol. The third-order valence-corrected chi connectivity index (χ3v) is 2.81. The van der Waals surface area contributed by atoms with Crippen molar-refractivity contribution in [3.8, 4) is 0 Å². The lowest BCUT2D eigenvalue weighted by molar-refractivity contribution is -0.401. The van der Waals surface area contributed by atoms with E-state index in [4.69, 9.17) is 5.73 Å². The molecule has 0 bridgehead atoms. The molecule has 18 heavy (non-hydrogen) atoms. The van der Waals surface area contributed by atoms with Crippen LogP contribution in [-0.4, -0.2) is 53.5 Å². The van der Waals surface area contributed by atoms with Crippen LogP contribution in [0.25, 0.3) is 0 Å². The van der Waals surface area contributed by atoms with Gasteiger partial charge in [0.15, 0.2) is 0 Å². The van der Waals surface area contributed by atoms with E-state index in [1.807, 2.05) is 0 Å². The summed E-state index contributed by atoms with van der Waals surface area (Å²) in [5, 5.41) is 0. The maximum atomic E-state index is 12.8. The first-order valence-corrected chi connectivity index (χ1v) is 5.86. The molecule has 2 amide bonds. The van der Waals surface area contributed by atoms with Crippen LogP contribution in [0.5, 0.6) is 0 Å². The fourth-order valence-electron chi connectivity index (χ4n) is 1.29. The molecule has 0 atom stereocenters. The number of hydrogen-bond donors (Lipinski definition) is 1. The number of hydrogen-bond acceptors (Lipinski definition) is 4. The Balaban J connectivity index is 2.54. The fraction of sp³-hybridized carbons (Fsp3) is 0.750. The monoisotopic (exact) mass is 290 g/mol. The minimum Gasteiger partial charge on any atom is -0.369 e. The van der Waals surface area contributed by atoms with E-state index in [1.54, 1.807) is 0 Å². The first-order chi connectivity index (χ1) is 8.11. The summed E-state index contributed by atoms with van der Waals surface area (Å²) in [6, 6.07) is 0. The lowest BCUT2D eigenvalue weighted by Gasteiger charge is -2.36. The summed E-state index contributed by atoms with van der Waals surface area (Å²) in [5.41, 5.74) is 4.80. The summed E-state index contributed by atoms with van der Waals surface area (Å²) in [4.78, 5) is 22.1. The van der Waals surface area contributed by atoms with Gasteiger partial charge in [0.1, 0.15) is 13.1 Å². The number of halogens is 4. The second-order valence-electron chi connectivity index (χ2n) is 3.59. The van der Waals surface area contributed by atoms with Crippen molar-refractivity contribution in [1.29, 1.82) is 0 Å². The number of rotatable bonds is 4. The second-order valence-corrected chi connectivity index (χ2v) is 4.57. The van der Waals surface area contributed by atoms with Gasteiger partial charge >= 0.3 is 12.2 Å². The topological polar surface area (TPSA) is 72.6 Å². The Bertz CT molecular complexity index is 337. The van der Waals surface area contributed by atoms with Crippen LogP contribution in [0, 0.1) is 0 Å². The quantitative estimate of drug-likeness (QED) is 0.753. The average Bonchev–Trinajstić information content (AvgIpc) is 2.11. The van der Waals surface area contributed by atoms with Crippen molar-refractivity contribution >= 4 is 23.6 Å². The molecule has 0 aromatic carbocycles. The number of amides is 2. The van der Waals surface area contributed by atoms with Gasteiger partial charge in [-0.3, -0.25) is 14.3 Å². The molecule has 1 saturated heterocycles. The van der Waals surface area contributed by atoms with E-state index >= 15 is 0 Å². The molecule has 10 heteroatoms. The maximum Gasteiger partial charge on any atom is 0.377 e. The van der Waals surface area contributed by atoms with Crippen LogP contribution in [0.2, 0.25) is 0 Å². The van der Waals surface area contributed by atoms with Gasteiger partial charge in [-0.1, -0.05) is 0 Å². The van der Waals surface area contributed by atoms with Gasteiger partial charge in [0.2, 0.25) is 11.8 Å². The molecule has 5 nitrogen and oxygen atoms in total. The van der Waals surface area contributed by atoms with Crippen molar-refractivity contribution in [2.45, 2.75) is 12.2 Å². The van der Waals surface area contributed by atoms with E-state index in [-0.39, 0.29) is 11.5 Å². The molecule has 0 aromatic heterocycles.